The highest BCUT2D eigenvalue weighted by Gasteiger charge is 2.57. The van der Waals surface area contributed by atoms with Crippen LogP contribution in [0.15, 0.2) is 24.3 Å². The molecule has 0 saturated heterocycles. The Morgan fingerprint density at radius 3 is 2.67 bits per heavy atom. The van der Waals surface area contributed by atoms with Crippen LogP contribution in [0.4, 0.5) is 0 Å². The number of methoxy groups -OCH3 is 1. The van der Waals surface area contributed by atoms with E-state index in [1.165, 1.54) is 7.11 Å². The van der Waals surface area contributed by atoms with Crippen LogP contribution in [0.5, 0.6) is 0 Å². The van der Waals surface area contributed by atoms with Gasteiger partial charge >= 0.3 is 5.97 Å². The molecule has 2 aliphatic carbocycles. The standard InChI is InChI=1S/C18H22O3/c1-17-9-6-10-18(2,16(20)21-3)15(17)11-14(19)12-7-4-5-8-13(12)17/h4-5,7-8,15H,6,9-11H2,1-3H3/t15-,17-,18+/m1/s1. The molecule has 0 radical (unpaired) electrons. The van der Waals surface area contributed by atoms with Crippen LogP contribution in [0.3, 0.4) is 0 Å². The molecule has 1 fully saturated rings. The van der Waals surface area contributed by atoms with E-state index < -0.39 is 5.41 Å². The lowest BCUT2D eigenvalue weighted by Crippen LogP contribution is -2.53. The molecular weight excluding hydrogens is 264 g/mol. The van der Waals surface area contributed by atoms with Gasteiger partial charge in [-0.3, -0.25) is 9.59 Å². The number of ketones is 1. The Hall–Kier alpha value is -1.64. The van der Waals surface area contributed by atoms with E-state index in [0.29, 0.717) is 6.42 Å². The van der Waals surface area contributed by atoms with Crippen LogP contribution >= 0.6 is 0 Å². The second-order valence-electron chi connectivity index (χ2n) is 6.91. The summed E-state index contributed by atoms with van der Waals surface area (Å²) in [6.45, 7) is 4.19. The molecule has 3 atom stereocenters. The summed E-state index contributed by atoms with van der Waals surface area (Å²) in [6, 6.07) is 7.89. The van der Waals surface area contributed by atoms with Gasteiger partial charge in [0.05, 0.1) is 12.5 Å². The zero-order valence-corrected chi connectivity index (χ0v) is 12.9. The van der Waals surface area contributed by atoms with Crippen molar-refractivity contribution in [1.82, 2.24) is 0 Å². The topological polar surface area (TPSA) is 43.4 Å². The fourth-order valence-electron chi connectivity index (χ4n) is 4.64. The van der Waals surface area contributed by atoms with Crippen LogP contribution in [-0.2, 0) is 14.9 Å². The Kier molecular flexibility index (Phi) is 3.19. The molecule has 0 spiro atoms. The summed E-state index contributed by atoms with van der Waals surface area (Å²) in [7, 11) is 1.44. The van der Waals surface area contributed by atoms with E-state index in [9.17, 15) is 9.59 Å². The van der Waals surface area contributed by atoms with Gasteiger partial charge in [-0.15, -0.1) is 0 Å². The average Bonchev–Trinajstić information content (AvgIpc) is 2.49. The van der Waals surface area contributed by atoms with Crippen molar-refractivity contribution < 1.29 is 14.3 Å². The van der Waals surface area contributed by atoms with E-state index in [2.05, 4.69) is 13.0 Å². The third-order valence-corrected chi connectivity index (χ3v) is 5.81. The van der Waals surface area contributed by atoms with Crippen LogP contribution in [0.1, 0.15) is 55.5 Å². The predicted molar refractivity (Wildman–Crippen MR) is 80.2 cm³/mol. The van der Waals surface area contributed by atoms with Crippen molar-refractivity contribution in [2.45, 2.75) is 44.9 Å². The van der Waals surface area contributed by atoms with E-state index in [0.717, 1.165) is 30.4 Å². The number of fused-ring (bicyclic) bond motifs is 3. The summed E-state index contributed by atoms with van der Waals surface area (Å²) in [5.41, 5.74) is 1.27. The molecule has 0 unspecified atom stereocenters. The van der Waals surface area contributed by atoms with Crippen molar-refractivity contribution in [1.29, 1.82) is 0 Å². The number of carbonyl (C=O) groups excluding carboxylic acids is 2. The van der Waals surface area contributed by atoms with Gasteiger partial charge in [-0.25, -0.2) is 0 Å². The predicted octanol–water partition coefficient (Wildman–Crippen LogP) is 3.51. The molecule has 112 valence electrons. The van der Waals surface area contributed by atoms with E-state index in [1.54, 1.807) is 0 Å². The van der Waals surface area contributed by atoms with Crippen LogP contribution in [0.25, 0.3) is 0 Å². The summed E-state index contributed by atoms with van der Waals surface area (Å²) in [5, 5.41) is 0. The number of hydrogen-bond donors (Lipinski definition) is 0. The van der Waals surface area contributed by atoms with Crippen molar-refractivity contribution in [2.24, 2.45) is 11.3 Å². The number of ether oxygens (including phenoxy) is 1. The van der Waals surface area contributed by atoms with Crippen molar-refractivity contribution in [2.75, 3.05) is 7.11 Å². The van der Waals surface area contributed by atoms with Gasteiger partial charge in [-0.1, -0.05) is 37.6 Å². The molecule has 0 aromatic heterocycles. The van der Waals surface area contributed by atoms with Gasteiger partial charge in [0.15, 0.2) is 5.78 Å². The normalized spacial score (nSPS) is 34.8. The van der Waals surface area contributed by atoms with Gasteiger partial charge in [0.25, 0.3) is 0 Å². The van der Waals surface area contributed by atoms with Crippen molar-refractivity contribution >= 4 is 11.8 Å². The van der Waals surface area contributed by atoms with E-state index in [1.807, 2.05) is 25.1 Å². The lowest BCUT2D eigenvalue weighted by atomic mass is 9.49. The SMILES string of the molecule is COC(=O)[C@@]1(C)CCC[C@]2(C)c3ccccc3C(=O)C[C@@H]12. The molecule has 3 rings (SSSR count). The van der Waals surface area contributed by atoms with Crippen molar-refractivity contribution in [3.63, 3.8) is 0 Å². The maximum absolute atomic E-state index is 12.5. The fourth-order valence-corrected chi connectivity index (χ4v) is 4.64. The molecule has 0 aliphatic heterocycles. The monoisotopic (exact) mass is 286 g/mol. The fraction of sp³-hybridized carbons (Fsp3) is 0.556. The molecule has 0 N–H and O–H groups in total. The first kappa shape index (κ1) is 14.3. The number of hydrogen-bond acceptors (Lipinski definition) is 3. The van der Waals surface area contributed by atoms with Crippen molar-refractivity contribution in [3.8, 4) is 0 Å². The second-order valence-corrected chi connectivity index (χ2v) is 6.91. The van der Waals surface area contributed by atoms with Gasteiger partial charge in [0.1, 0.15) is 0 Å². The highest BCUT2D eigenvalue weighted by Crippen LogP contribution is 2.57. The average molecular weight is 286 g/mol. The van der Waals surface area contributed by atoms with Gasteiger partial charge < -0.3 is 4.74 Å². The molecule has 3 heteroatoms. The maximum atomic E-state index is 12.5. The van der Waals surface area contributed by atoms with E-state index >= 15 is 0 Å². The highest BCUT2D eigenvalue weighted by atomic mass is 16.5. The molecule has 3 nitrogen and oxygen atoms in total. The number of rotatable bonds is 1. The minimum Gasteiger partial charge on any atom is -0.469 e. The molecule has 1 saturated carbocycles. The second kappa shape index (κ2) is 4.69. The first-order valence-corrected chi connectivity index (χ1v) is 7.64. The van der Waals surface area contributed by atoms with E-state index in [4.69, 9.17) is 4.74 Å². The lowest BCUT2D eigenvalue weighted by molar-refractivity contribution is -0.160. The lowest BCUT2D eigenvalue weighted by Gasteiger charge is -2.53. The zero-order chi connectivity index (χ0) is 15.3. The first-order valence-electron chi connectivity index (χ1n) is 7.64. The Morgan fingerprint density at radius 1 is 1.24 bits per heavy atom. The molecule has 1 aromatic carbocycles. The maximum Gasteiger partial charge on any atom is 0.311 e. The number of Topliss-reactive ketones (excluding diaryl/α,β-unsaturated/α-hetero) is 1. The minimum atomic E-state index is -0.565. The number of carbonyl (C=O) groups is 2. The number of esters is 1. The van der Waals surface area contributed by atoms with E-state index in [-0.39, 0.29) is 23.1 Å². The summed E-state index contributed by atoms with van der Waals surface area (Å²) < 4.78 is 5.06. The van der Waals surface area contributed by atoms with Gasteiger partial charge in [-0.05, 0) is 36.7 Å². The van der Waals surface area contributed by atoms with Crippen LogP contribution in [-0.4, -0.2) is 18.9 Å². The van der Waals surface area contributed by atoms with Crippen LogP contribution in [0, 0.1) is 11.3 Å². The molecular formula is C18H22O3. The Balaban J connectivity index is 2.15. The van der Waals surface area contributed by atoms with Gasteiger partial charge in [0, 0.05) is 12.0 Å². The molecule has 21 heavy (non-hydrogen) atoms. The minimum absolute atomic E-state index is 0.0219. The van der Waals surface area contributed by atoms with Crippen molar-refractivity contribution in [3.05, 3.63) is 35.4 Å². The quantitative estimate of drug-likeness (QED) is 0.742. The zero-order valence-electron chi connectivity index (χ0n) is 12.9. The molecule has 0 amide bonds. The summed E-state index contributed by atoms with van der Waals surface area (Å²) in [4.78, 5) is 24.9. The number of benzene rings is 1. The summed E-state index contributed by atoms with van der Waals surface area (Å²) >= 11 is 0. The molecule has 1 aromatic rings. The van der Waals surface area contributed by atoms with Gasteiger partial charge in [0.2, 0.25) is 0 Å². The first-order chi connectivity index (χ1) is 9.93. The molecule has 2 aliphatic rings. The van der Waals surface area contributed by atoms with Gasteiger partial charge in [-0.2, -0.15) is 0 Å². The smallest absolute Gasteiger partial charge is 0.311 e. The third-order valence-electron chi connectivity index (χ3n) is 5.81. The molecule has 0 heterocycles. The summed E-state index contributed by atoms with van der Waals surface area (Å²) in [5.74, 6) is 0.00399. The van der Waals surface area contributed by atoms with Crippen LogP contribution in [0.2, 0.25) is 0 Å². The largest absolute Gasteiger partial charge is 0.469 e. The third kappa shape index (κ3) is 1.86. The van der Waals surface area contributed by atoms with Crippen LogP contribution < -0.4 is 0 Å². The Morgan fingerprint density at radius 2 is 1.95 bits per heavy atom. The highest BCUT2D eigenvalue weighted by molar-refractivity contribution is 6.00. The Labute approximate surface area is 125 Å². The summed E-state index contributed by atoms with van der Waals surface area (Å²) in [6.07, 6.45) is 3.25. The molecule has 0 bridgehead atoms. The Bertz CT molecular complexity index is 606.